The van der Waals surface area contributed by atoms with E-state index in [2.05, 4.69) is 22.2 Å². The summed E-state index contributed by atoms with van der Waals surface area (Å²) in [5, 5.41) is 3.80. The molecule has 3 aromatic rings. The quantitative estimate of drug-likeness (QED) is 0.760. The van der Waals surface area contributed by atoms with Crippen LogP contribution in [-0.2, 0) is 0 Å². The van der Waals surface area contributed by atoms with Gasteiger partial charge in [-0.25, -0.2) is 4.98 Å². The van der Waals surface area contributed by atoms with Crippen molar-refractivity contribution in [1.82, 2.24) is 9.97 Å². The first-order chi connectivity index (χ1) is 10.2. The second kappa shape index (κ2) is 5.87. The van der Waals surface area contributed by atoms with Gasteiger partial charge in [-0.3, -0.25) is 9.78 Å². The van der Waals surface area contributed by atoms with E-state index in [0.717, 1.165) is 23.4 Å². The molecule has 21 heavy (non-hydrogen) atoms. The van der Waals surface area contributed by atoms with Crippen LogP contribution in [0.5, 0.6) is 0 Å². The molecule has 0 saturated heterocycles. The Labute approximate surface area is 130 Å². The molecule has 0 amide bonds. The highest BCUT2D eigenvalue weighted by Crippen LogP contribution is 2.31. The van der Waals surface area contributed by atoms with Crippen molar-refractivity contribution in [2.45, 2.75) is 13.3 Å². The molecule has 0 aliphatic carbocycles. The van der Waals surface area contributed by atoms with Gasteiger partial charge in [0.15, 0.2) is 0 Å². The van der Waals surface area contributed by atoms with Crippen LogP contribution in [0, 0.1) is 0 Å². The van der Waals surface area contributed by atoms with Gasteiger partial charge in [-0.1, -0.05) is 30.7 Å². The van der Waals surface area contributed by atoms with E-state index in [1.807, 2.05) is 30.3 Å². The first-order valence-corrected chi connectivity index (χ1v) is 7.90. The number of rotatable bonds is 4. The number of hydrogen-bond acceptors (Lipinski definition) is 4. The molecule has 2 aromatic heterocycles. The molecular weight excluding hydrogens is 306 g/mol. The van der Waals surface area contributed by atoms with Gasteiger partial charge in [-0.2, -0.15) is 0 Å². The van der Waals surface area contributed by atoms with Crippen LogP contribution in [0.3, 0.4) is 0 Å². The van der Waals surface area contributed by atoms with Crippen molar-refractivity contribution in [3.8, 4) is 10.4 Å². The zero-order valence-electron chi connectivity index (χ0n) is 11.4. The molecule has 6 heteroatoms. The Bertz CT molecular complexity index is 823. The fourth-order valence-corrected chi connectivity index (χ4v) is 3.15. The maximum atomic E-state index is 12.1. The van der Waals surface area contributed by atoms with E-state index >= 15 is 0 Å². The number of halogens is 1. The highest BCUT2D eigenvalue weighted by Gasteiger charge is 2.10. The topological polar surface area (TPSA) is 57.8 Å². The van der Waals surface area contributed by atoms with Crippen molar-refractivity contribution >= 4 is 39.1 Å². The third-order valence-electron chi connectivity index (χ3n) is 3.05. The number of nitrogens with zero attached hydrogens (tertiary/aromatic N) is 1. The Morgan fingerprint density at radius 3 is 2.81 bits per heavy atom. The molecule has 1 aromatic carbocycles. The monoisotopic (exact) mass is 319 g/mol. The molecule has 0 spiro atoms. The molecule has 0 atom stereocenters. The summed E-state index contributed by atoms with van der Waals surface area (Å²) in [6.07, 6.45) is 0.974. The molecule has 0 aliphatic heterocycles. The Balaban J connectivity index is 2.05. The second-order valence-corrected chi connectivity index (χ2v) is 6.16. The lowest BCUT2D eigenvalue weighted by Crippen LogP contribution is -2.12. The Hall–Kier alpha value is -1.85. The molecule has 0 aliphatic rings. The van der Waals surface area contributed by atoms with E-state index in [1.165, 1.54) is 11.3 Å². The van der Waals surface area contributed by atoms with Gasteiger partial charge in [0.2, 0.25) is 5.95 Å². The zero-order valence-corrected chi connectivity index (χ0v) is 13.0. The van der Waals surface area contributed by atoms with E-state index in [4.69, 9.17) is 11.6 Å². The number of H-pyrrole nitrogens is 1. The van der Waals surface area contributed by atoms with Crippen LogP contribution < -0.4 is 10.9 Å². The summed E-state index contributed by atoms with van der Waals surface area (Å²) in [4.78, 5) is 20.3. The van der Waals surface area contributed by atoms with Gasteiger partial charge in [0, 0.05) is 16.4 Å². The second-order valence-electron chi connectivity index (χ2n) is 4.67. The largest absolute Gasteiger partial charge is 0.356 e. The van der Waals surface area contributed by atoms with Crippen molar-refractivity contribution in [3.63, 3.8) is 0 Å². The molecule has 0 fully saturated rings. The average Bonchev–Trinajstić information content (AvgIpc) is 2.90. The highest BCUT2D eigenvalue weighted by atomic mass is 35.5. The smallest absolute Gasteiger partial charge is 0.270 e. The maximum absolute atomic E-state index is 12.1. The molecule has 2 heterocycles. The molecule has 4 nitrogen and oxygen atoms in total. The number of aromatic nitrogens is 2. The van der Waals surface area contributed by atoms with Crippen molar-refractivity contribution in [2.75, 3.05) is 11.9 Å². The lowest BCUT2D eigenvalue weighted by atomic mass is 10.2. The van der Waals surface area contributed by atoms with Crippen LogP contribution in [0.1, 0.15) is 13.3 Å². The summed E-state index contributed by atoms with van der Waals surface area (Å²) in [6.45, 7) is 2.84. The predicted molar refractivity (Wildman–Crippen MR) is 89.5 cm³/mol. The first-order valence-electron chi connectivity index (χ1n) is 6.71. The van der Waals surface area contributed by atoms with Crippen LogP contribution in [0.4, 0.5) is 5.95 Å². The van der Waals surface area contributed by atoms with Crippen LogP contribution in [0.25, 0.3) is 20.7 Å². The van der Waals surface area contributed by atoms with Gasteiger partial charge in [0.1, 0.15) is 4.70 Å². The number of benzene rings is 1. The summed E-state index contributed by atoms with van der Waals surface area (Å²) in [7, 11) is 0. The fraction of sp³-hybridized carbons (Fsp3) is 0.200. The summed E-state index contributed by atoms with van der Waals surface area (Å²) < 4.78 is 0.641. The highest BCUT2D eigenvalue weighted by molar-refractivity contribution is 7.22. The number of nitrogens with one attached hydrogen (secondary N) is 2. The third kappa shape index (κ3) is 2.94. The van der Waals surface area contributed by atoms with E-state index in [9.17, 15) is 4.79 Å². The van der Waals surface area contributed by atoms with Crippen LogP contribution >= 0.6 is 22.9 Å². The minimum Gasteiger partial charge on any atom is -0.356 e. The van der Waals surface area contributed by atoms with Crippen LogP contribution in [-0.4, -0.2) is 16.5 Å². The normalized spacial score (nSPS) is 11.0. The molecule has 0 bridgehead atoms. The van der Waals surface area contributed by atoms with Gasteiger partial charge in [-0.05, 0) is 30.2 Å². The van der Waals surface area contributed by atoms with E-state index in [-0.39, 0.29) is 5.56 Å². The van der Waals surface area contributed by atoms with E-state index < -0.39 is 0 Å². The lowest BCUT2D eigenvalue weighted by Gasteiger charge is -2.02. The minimum absolute atomic E-state index is 0.108. The Morgan fingerprint density at radius 2 is 2.10 bits per heavy atom. The van der Waals surface area contributed by atoms with Crippen LogP contribution in [0.15, 0.2) is 35.1 Å². The number of fused-ring (bicyclic) bond motifs is 1. The summed E-state index contributed by atoms with van der Waals surface area (Å²) in [5.41, 5.74) is 1.64. The van der Waals surface area contributed by atoms with Crippen molar-refractivity contribution < 1.29 is 0 Å². The fourth-order valence-electron chi connectivity index (χ4n) is 2.02. The molecular formula is C15H14ClN3OS. The Kier molecular flexibility index (Phi) is 3.94. The lowest BCUT2D eigenvalue weighted by molar-refractivity contribution is 0.954. The van der Waals surface area contributed by atoms with Crippen molar-refractivity contribution in [1.29, 1.82) is 0 Å². The molecule has 0 radical (unpaired) electrons. The van der Waals surface area contributed by atoms with Crippen molar-refractivity contribution in [3.05, 3.63) is 45.7 Å². The van der Waals surface area contributed by atoms with E-state index in [0.29, 0.717) is 21.2 Å². The predicted octanol–water partition coefficient (Wildman–Crippen LogP) is 4.13. The molecule has 0 unspecified atom stereocenters. The molecule has 108 valence electrons. The molecule has 0 saturated carbocycles. The molecule has 2 N–H and O–H groups in total. The van der Waals surface area contributed by atoms with Crippen LogP contribution in [0.2, 0.25) is 5.02 Å². The Morgan fingerprint density at radius 1 is 1.33 bits per heavy atom. The summed E-state index contributed by atoms with van der Waals surface area (Å²) in [6, 6.07) is 9.50. The van der Waals surface area contributed by atoms with Gasteiger partial charge < -0.3 is 5.32 Å². The maximum Gasteiger partial charge on any atom is 0.270 e. The van der Waals surface area contributed by atoms with Gasteiger partial charge in [0.05, 0.1) is 5.52 Å². The number of aromatic amines is 1. The number of thiophene rings is 1. The number of hydrogen-bond donors (Lipinski definition) is 2. The molecule has 3 rings (SSSR count). The summed E-state index contributed by atoms with van der Waals surface area (Å²) in [5.74, 6) is 0.523. The standard InChI is InChI=1S/C15H14ClN3OS/c1-2-7-17-15-18-11-8-12(21-13(11)14(20)19-15)9-3-5-10(16)6-4-9/h3-6,8H,2,7H2,1H3,(H2,17,18,19,20). The van der Waals surface area contributed by atoms with Crippen molar-refractivity contribution in [2.24, 2.45) is 0 Å². The first kappa shape index (κ1) is 14.1. The van der Waals surface area contributed by atoms with Gasteiger partial charge in [0.25, 0.3) is 5.56 Å². The number of anilines is 1. The minimum atomic E-state index is -0.108. The van der Waals surface area contributed by atoms with E-state index in [1.54, 1.807) is 0 Å². The van der Waals surface area contributed by atoms with Gasteiger partial charge >= 0.3 is 0 Å². The van der Waals surface area contributed by atoms with Gasteiger partial charge in [-0.15, -0.1) is 11.3 Å². The summed E-state index contributed by atoms with van der Waals surface area (Å²) >= 11 is 7.34. The average molecular weight is 320 g/mol. The zero-order chi connectivity index (χ0) is 14.8. The third-order valence-corrected chi connectivity index (χ3v) is 4.48. The SMILES string of the molecule is CCCNc1nc2cc(-c3ccc(Cl)cc3)sc2c(=O)[nH]1.